The lowest BCUT2D eigenvalue weighted by Crippen LogP contribution is -1.93. The molecule has 13 aromatic rings. The van der Waals surface area contributed by atoms with Crippen molar-refractivity contribution in [3.05, 3.63) is 243 Å². The van der Waals surface area contributed by atoms with Crippen LogP contribution in [0, 0.1) is 0 Å². The van der Waals surface area contributed by atoms with E-state index in [-0.39, 0.29) is 0 Å². The molecule has 0 spiro atoms. The highest BCUT2D eigenvalue weighted by atomic mass is 15.0. The van der Waals surface area contributed by atoms with Crippen molar-refractivity contribution in [2.24, 2.45) is 0 Å². The molecule has 0 saturated carbocycles. The van der Waals surface area contributed by atoms with E-state index >= 15 is 0 Å². The third kappa shape index (κ3) is 5.99. The summed E-state index contributed by atoms with van der Waals surface area (Å²) in [6.45, 7) is 0. The highest BCUT2D eigenvalue weighted by molar-refractivity contribution is 6.24. The Hall–Kier alpha value is -8.59. The maximum absolute atomic E-state index is 4.57. The molecule has 0 fully saturated rings. The van der Waals surface area contributed by atoms with Gasteiger partial charge in [-0.25, -0.2) is 0 Å². The van der Waals surface area contributed by atoms with Crippen LogP contribution in [-0.4, -0.2) is 9.55 Å². The number of para-hydroxylation sites is 1. The molecule has 0 unspecified atom stereocenters. The molecule has 2 heteroatoms. The molecule has 0 aliphatic rings. The van der Waals surface area contributed by atoms with Crippen molar-refractivity contribution in [2.75, 3.05) is 0 Å². The summed E-state index contributed by atoms with van der Waals surface area (Å²) in [6, 6.07) is 84.5. The average Bonchev–Trinajstić information content (AvgIpc) is 3.73. The number of hydrogen-bond acceptors (Lipinski definition) is 1. The summed E-state index contributed by atoms with van der Waals surface area (Å²) in [4.78, 5) is 4.57. The Labute approximate surface area is 377 Å². The van der Waals surface area contributed by atoms with Crippen molar-refractivity contribution in [3.63, 3.8) is 0 Å². The number of pyridine rings is 1. The predicted octanol–water partition coefficient (Wildman–Crippen LogP) is 17.1. The maximum atomic E-state index is 4.57. The number of rotatable bonds is 6. The van der Waals surface area contributed by atoms with Crippen molar-refractivity contribution in [3.8, 4) is 61.3 Å². The van der Waals surface area contributed by atoms with Gasteiger partial charge in [-0.15, -0.1) is 0 Å². The summed E-state index contributed by atoms with van der Waals surface area (Å²) in [5, 5.41) is 12.4. The lowest BCUT2D eigenvalue weighted by Gasteiger charge is -2.20. The maximum Gasteiger partial charge on any atom is 0.0572 e. The van der Waals surface area contributed by atoms with E-state index < -0.39 is 0 Å². The van der Waals surface area contributed by atoms with Gasteiger partial charge in [0.05, 0.1) is 11.0 Å². The van der Waals surface area contributed by atoms with Crippen LogP contribution in [0.25, 0.3) is 126 Å². The lowest BCUT2D eigenvalue weighted by molar-refractivity contribution is 1.17. The number of hydrogen-bond donors (Lipinski definition) is 0. The molecule has 11 aromatic carbocycles. The Bertz CT molecular complexity index is 3920. The van der Waals surface area contributed by atoms with E-state index in [1.165, 1.54) is 110 Å². The molecule has 65 heavy (non-hydrogen) atoms. The van der Waals surface area contributed by atoms with Crippen LogP contribution in [0.4, 0.5) is 0 Å². The minimum atomic E-state index is 1.14. The van der Waals surface area contributed by atoms with Crippen molar-refractivity contribution in [1.29, 1.82) is 0 Å². The predicted molar refractivity (Wildman–Crippen MR) is 276 cm³/mol. The molecule has 2 aromatic heterocycles. The summed E-state index contributed by atoms with van der Waals surface area (Å²) in [6.07, 6.45) is 3.89. The highest BCUT2D eigenvalue weighted by Gasteiger charge is 2.20. The fraction of sp³-hybridized carbons (Fsp3) is 0. The first-order valence-corrected chi connectivity index (χ1v) is 22.4. The molecule has 0 bridgehead atoms. The van der Waals surface area contributed by atoms with E-state index in [1.807, 2.05) is 12.4 Å². The van der Waals surface area contributed by atoms with E-state index in [2.05, 4.69) is 240 Å². The summed E-state index contributed by atoms with van der Waals surface area (Å²) in [5.74, 6) is 0. The van der Waals surface area contributed by atoms with E-state index in [0.29, 0.717) is 0 Å². The van der Waals surface area contributed by atoms with E-state index in [4.69, 9.17) is 0 Å². The smallest absolute Gasteiger partial charge is 0.0572 e. The Balaban J connectivity index is 0.920. The average molecular weight is 825 g/mol. The van der Waals surface area contributed by atoms with Crippen molar-refractivity contribution >= 4 is 64.9 Å². The van der Waals surface area contributed by atoms with Gasteiger partial charge in [0.2, 0.25) is 0 Å². The van der Waals surface area contributed by atoms with Gasteiger partial charge in [-0.3, -0.25) is 4.98 Å². The topological polar surface area (TPSA) is 17.8 Å². The normalized spacial score (nSPS) is 11.7. The highest BCUT2D eigenvalue weighted by Crippen LogP contribution is 2.47. The zero-order valence-corrected chi connectivity index (χ0v) is 35.5. The van der Waals surface area contributed by atoms with Crippen LogP contribution in [0.5, 0.6) is 0 Å². The van der Waals surface area contributed by atoms with E-state index in [9.17, 15) is 0 Å². The first-order valence-electron chi connectivity index (χ1n) is 22.4. The fourth-order valence-electron chi connectivity index (χ4n) is 10.5. The molecule has 2 heterocycles. The Morgan fingerprint density at radius 1 is 0.292 bits per heavy atom. The second-order valence-electron chi connectivity index (χ2n) is 17.0. The zero-order chi connectivity index (χ0) is 42.8. The first-order chi connectivity index (χ1) is 32.3. The molecule has 0 aliphatic carbocycles. The van der Waals surface area contributed by atoms with Crippen LogP contribution in [-0.2, 0) is 0 Å². The molecule has 0 radical (unpaired) electrons. The molecule has 0 aliphatic heterocycles. The molecule has 0 atom stereocenters. The van der Waals surface area contributed by atoms with Gasteiger partial charge in [-0.1, -0.05) is 200 Å². The van der Waals surface area contributed by atoms with Gasteiger partial charge in [-0.2, -0.15) is 0 Å². The molecular weight excluding hydrogens is 785 g/mol. The molecule has 302 valence electrons. The molecule has 2 nitrogen and oxygen atoms in total. The van der Waals surface area contributed by atoms with Crippen molar-refractivity contribution in [1.82, 2.24) is 9.55 Å². The lowest BCUT2D eigenvalue weighted by atomic mass is 9.83. The van der Waals surface area contributed by atoms with Gasteiger partial charge in [0.15, 0.2) is 0 Å². The Morgan fingerprint density at radius 2 is 0.831 bits per heavy atom. The minimum Gasteiger partial charge on any atom is -0.309 e. The summed E-state index contributed by atoms with van der Waals surface area (Å²) < 4.78 is 2.35. The summed E-state index contributed by atoms with van der Waals surface area (Å²) in [7, 11) is 0. The van der Waals surface area contributed by atoms with Crippen LogP contribution in [0.3, 0.4) is 0 Å². The van der Waals surface area contributed by atoms with Gasteiger partial charge in [0, 0.05) is 28.9 Å². The number of aromatic nitrogens is 2. The van der Waals surface area contributed by atoms with Gasteiger partial charge in [0.1, 0.15) is 0 Å². The third-order valence-corrected chi connectivity index (χ3v) is 13.5. The first kappa shape index (κ1) is 37.0. The largest absolute Gasteiger partial charge is 0.309 e. The van der Waals surface area contributed by atoms with Crippen LogP contribution in [0.1, 0.15) is 0 Å². The van der Waals surface area contributed by atoms with Crippen molar-refractivity contribution < 1.29 is 0 Å². The van der Waals surface area contributed by atoms with Crippen LogP contribution in [0.2, 0.25) is 0 Å². The molecule has 0 amide bonds. The molecular formula is C63H40N2. The second kappa shape index (κ2) is 15.0. The Kier molecular flexibility index (Phi) is 8.57. The molecule has 0 saturated heterocycles. The zero-order valence-electron chi connectivity index (χ0n) is 35.5. The van der Waals surface area contributed by atoms with Crippen molar-refractivity contribution in [2.45, 2.75) is 0 Å². The van der Waals surface area contributed by atoms with Gasteiger partial charge in [0.25, 0.3) is 0 Å². The Morgan fingerprint density at radius 3 is 1.54 bits per heavy atom. The third-order valence-electron chi connectivity index (χ3n) is 13.5. The minimum absolute atomic E-state index is 1.14. The van der Waals surface area contributed by atoms with Gasteiger partial charge < -0.3 is 4.57 Å². The van der Waals surface area contributed by atoms with Crippen LogP contribution in [0.15, 0.2) is 243 Å². The van der Waals surface area contributed by atoms with Gasteiger partial charge >= 0.3 is 0 Å². The summed E-state index contributed by atoms with van der Waals surface area (Å²) in [5.41, 5.74) is 15.7. The van der Waals surface area contributed by atoms with Crippen LogP contribution >= 0.6 is 0 Å². The fourth-order valence-corrected chi connectivity index (χ4v) is 10.5. The number of fused-ring (bicyclic) bond motifs is 7. The summed E-state index contributed by atoms with van der Waals surface area (Å²) >= 11 is 0. The second-order valence-corrected chi connectivity index (χ2v) is 17.0. The van der Waals surface area contributed by atoms with Gasteiger partial charge in [-0.05, 0) is 129 Å². The monoisotopic (exact) mass is 824 g/mol. The quantitative estimate of drug-likeness (QED) is 0.153. The van der Waals surface area contributed by atoms with E-state index in [1.54, 1.807) is 0 Å². The number of nitrogens with zero attached hydrogens (tertiary/aromatic N) is 2. The molecule has 0 N–H and O–H groups in total. The number of benzene rings is 11. The van der Waals surface area contributed by atoms with E-state index in [0.717, 1.165) is 16.6 Å². The SMILES string of the molecule is c1ccc(-n2c3ccncc3c3c(-c4ccc(-c5ccc(-c6c7ccccc7c(-c7ccc(-c8ccc9ccccc9c8)cc7)c7ccccc67)c6ccccc56)cc4)cccc32)cc1. The standard InChI is InChI=1S/C63H40N2/c1-2-15-48(16-3-1)65-59-37-38-64-40-58(59)63-50(23-12-24-60(63)65)44-30-28-43(29-31-44)49-35-36-57(52-18-7-6-17-51(49)52)62-55-21-10-8-19-53(55)61(54-20-9-11-22-56(54)62)45-32-25-42(26-33-45)47-34-27-41-13-4-5-14-46(41)39-47/h1-40H. The molecule has 13 rings (SSSR count). The van der Waals surface area contributed by atoms with Crippen LogP contribution < -0.4 is 0 Å².